The number of ether oxygens (including phenoxy) is 1. The van der Waals surface area contributed by atoms with Crippen LogP contribution in [0.4, 0.5) is 13.2 Å². The topological polar surface area (TPSA) is 59.2 Å². The van der Waals surface area contributed by atoms with Crippen LogP contribution in [0.15, 0.2) is 23.0 Å². The van der Waals surface area contributed by atoms with E-state index in [0.29, 0.717) is 6.07 Å². The van der Waals surface area contributed by atoms with Gasteiger partial charge >= 0.3 is 12.1 Å². The van der Waals surface area contributed by atoms with Crippen molar-refractivity contribution in [2.75, 3.05) is 6.61 Å². The molecule has 0 radical (unpaired) electrons. The summed E-state index contributed by atoms with van der Waals surface area (Å²) in [6, 6.07) is 2.65. The molecule has 112 valence electrons. The van der Waals surface area contributed by atoms with Gasteiger partial charge in [-0.1, -0.05) is 11.6 Å². The first-order valence-electron chi connectivity index (χ1n) is 5.85. The molecule has 1 aromatic heterocycles. The molecule has 0 bridgehead atoms. The van der Waals surface area contributed by atoms with Gasteiger partial charge in [-0.05, 0) is 19.1 Å². The quantitative estimate of drug-likeness (QED) is 0.863. The van der Waals surface area contributed by atoms with E-state index in [-0.39, 0.29) is 28.1 Å². The highest BCUT2D eigenvalue weighted by atomic mass is 35.5. The van der Waals surface area contributed by atoms with E-state index in [0.717, 1.165) is 12.1 Å². The predicted octanol–water partition coefficient (Wildman–Crippen LogP) is 3.38. The van der Waals surface area contributed by atoms with Gasteiger partial charge in [0.05, 0.1) is 22.7 Å². The molecule has 0 aliphatic rings. The van der Waals surface area contributed by atoms with E-state index in [1.54, 1.807) is 6.92 Å². The number of hydrogen-bond donors (Lipinski definition) is 1. The molecule has 0 unspecified atom stereocenters. The molecule has 2 aromatic rings. The van der Waals surface area contributed by atoms with Crippen molar-refractivity contribution in [3.63, 3.8) is 0 Å². The van der Waals surface area contributed by atoms with Crippen LogP contribution in [0.3, 0.4) is 0 Å². The number of carbonyl (C=O) groups is 1. The minimum Gasteiger partial charge on any atom is -0.462 e. The second-order valence-corrected chi connectivity index (χ2v) is 4.55. The number of halogens is 4. The lowest BCUT2D eigenvalue weighted by Crippen LogP contribution is -2.15. The SMILES string of the molecule is CCOC(=O)c1cc2c(=O)cc(C(F)(F)F)[nH]c2cc1Cl. The lowest BCUT2D eigenvalue weighted by molar-refractivity contribution is -0.141. The van der Waals surface area contributed by atoms with Gasteiger partial charge < -0.3 is 9.72 Å². The number of fused-ring (bicyclic) bond motifs is 1. The Bertz CT molecular complexity index is 768. The molecule has 0 atom stereocenters. The maximum Gasteiger partial charge on any atom is 0.431 e. The van der Waals surface area contributed by atoms with E-state index in [9.17, 15) is 22.8 Å². The average molecular weight is 320 g/mol. The number of alkyl halides is 3. The van der Waals surface area contributed by atoms with Gasteiger partial charge in [0.15, 0.2) is 5.43 Å². The minimum absolute atomic E-state index is 0.0729. The number of rotatable bonds is 2. The van der Waals surface area contributed by atoms with E-state index in [1.807, 2.05) is 0 Å². The second-order valence-electron chi connectivity index (χ2n) is 4.14. The summed E-state index contributed by atoms with van der Waals surface area (Å²) in [5.41, 5.74) is -2.22. The number of pyridine rings is 1. The number of aromatic amines is 1. The van der Waals surface area contributed by atoms with E-state index < -0.39 is 23.3 Å². The van der Waals surface area contributed by atoms with Crippen LogP contribution in [0.1, 0.15) is 23.0 Å². The van der Waals surface area contributed by atoms with Crippen LogP contribution in [0.25, 0.3) is 10.9 Å². The van der Waals surface area contributed by atoms with Gasteiger partial charge in [-0.3, -0.25) is 4.79 Å². The largest absolute Gasteiger partial charge is 0.462 e. The maximum absolute atomic E-state index is 12.6. The van der Waals surface area contributed by atoms with E-state index in [1.165, 1.54) is 0 Å². The van der Waals surface area contributed by atoms with Crippen molar-refractivity contribution in [3.05, 3.63) is 44.7 Å². The predicted molar refractivity (Wildman–Crippen MR) is 70.5 cm³/mol. The summed E-state index contributed by atoms with van der Waals surface area (Å²) >= 11 is 5.85. The number of H-pyrrole nitrogens is 1. The molecule has 1 aromatic carbocycles. The monoisotopic (exact) mass is 319 g/mol. The van der Waals surface area contributed by atoms with Gasteiger partial charge in [-0.25, -0.2) is 4.79 Å². The number of carbonyl (C=O) groups excluding carboxylic acids is 1. The third-order valence-corrected chi connectivity index (χ3v) is 3.03. The highest BCUT2D eigenvalue weighted by Gasteiger charge is 2.32. The fraction of sp³-hybridized carbons (Fsp3) is 0.231. The molecule has 0 fully saturated rings. The molecule has 0 amide bonds. The van der Waals surface area contributed by atoms with Gasteiger partial charge in [0.1, 0.15) is 5.69 Å². The van der Waals surface area contributed by atoms with Gasteiger partial charge in [-0.2, -0.15) is 13.2 Å². The highest BCUT2D eigenvalue weighted by Crippen LogP contribution is 2.29. The lowest BCUT2D eigenvalue weighted by atomic mass is 10.1. The molecule has 2 rings (SSSR count). The summed E-state index contributed by atoms with van der Waals surface area (Å²) in [7, 11) is 0. The first kappa shape index (κ1) is 15.4. The van der Waals surface area contributed by atoms with Gasteiger partial charge in [0, 0.05) is 11.5 Å². The number of nitrogens with one attached hydrogen (secondary N) is 1. The summed E-state index contributed by atoms with van der Waals surface area (Å²) in [5, 5.41) is -0.175. The standard InChI is InChI=1S/C13H9ClF3NO3/c1-2-21-12(20)6-3-7-9(4-8(6)14)18-11(5-10(7)19)13(15,16)17/h3-5H,2H2,1H3,(H,18,19). The molecule has 4 nitrogen and oxygen atoms in total. The summed E-state index contributed by atoms with van der Waals surface area (Å²) in [4.78, 5) is 25.5. The molecule has 1 heterocycles. The third-order valence-electron chi connectivity index (χ3n) is 2.72. The zero-order chi connectivity index (χ0) is 15.8. The van der Waals surface area contributed by atoms with Crippen molar-refractivity contribution in [2.45, 2.75) is 13.1 Å². The molecule has 1 N–H and O–H groups in total. The van der Waals surface area contributed by atoms with Gasteiger partial charge in [0.2, 0.25) is 0 Å². The van der Waals surface area contributed by atoms with Crippen molar-refractivity contribution < 1.29 is 22.7 Å². The zero-order valence-corrected chi connectivity index (χ0v) is 11.4. The molecule has 8 heteroatoms. The third kappa shape index (κ3) is 3.02. The fourth-order valence-electron chi connectivity index (χ4n) is 1.79. The van der Waals surface area contributed by atoms with Crippen molar-refractivity contribution in [2.24, 2.45) is 0 Å². The second kappa shape index (κ2) is 5.40. The van der Waals surface area contributed by atoms with Crippen LogP contribution >= 0.6 is 11.6 Å². The van der Waals surface area contributed by atoms with Crippen LogP contribution in [0, 0.1) is 0 Å². The molecular formula is C13H9ClF3NO3. The minimum atomic E-state index is -4.68. The Labute approximate surface area is 121 Å². The number of aromatic nitrogens is 1. The van der Waals surface area contributed by atoms with Crippen LogP contribution in [0.2, 0.25) is 5.02 Å². The first-order valence-corrected chi connectivity index (χ1v) is 6.22. The number of benzene rings is 1. The molecule has 0 spiro atoms. The molecule has 0 aliphatic carbocycles. The van der Waals surface area contributed by atoms with Crippen LogP contribution in [-0.2, 0) is 10.9 Å². The Kier molecular flexibility index (Phi) is 3.95. The Hall–Kier alpha value is -2.02. The smallest absolute Gasteiger partial charge is 0.431 e. The molecule has 21 heavy (non-hydrogen) atoms. The first-order chi connectivity index (χ1) is 9.74. The van der Waals surface area contributed by atoms with Crippen molar-refractivity contribution in [1.29, 1.82) is 0 Å². The summed E-state index contributed by atoms with van der Waals surface area (Å²) in [6.07, 6.45) is -4.68. The Balaban J connectivity index is 2.68. The lowest BCUT2D eigenvalue weighted by Gasteiger charge is -2.10. The van der Waals surface area contributed by atoms with Gasteiger partial charge in [0.25, 0.3) is 0 Å². The fourth-order valence-corrected chi connectivity index (χ4v) is 2.03. The summed E-state index contributed by atoms with van der Waals surface area (Å²) in [6.45, 7) is 1.70. The van der Waals surface area contributed by atoms with Crippen molar-refractivity contribution >= 4 is 28.5 Å². The van der Waals surface area contributed by atoms with E-state index in [4.69, 9.17) is 16.3 Å². The van der Waals surface area contributed by atoms with Crippen molar-refractivity contribution in [1.82, 2.24) is 4.98 Å². The maximum atomic E-state index is 12.6. The number of hydrogen-bond acceptors (Lipinski definition) is 3. The summed E-state index contributed by atoms with van der Waals surface area (Å²) in [5.74, 6) is -0.747. The molecule has 0 saturated carbocycles. The van der Waals surface area contributed by atoms with Crippen molar-refractivity contribution in [3.8, 4) is 0 Å². The van der Waals surface area contributed by atoms with E-state index in [2.05, 4.69) is 4.98 Å². The zero-order valence-electron chi connectivity index (χ0n) is 10.7. The van der Waals surface area contributed by atoms with Gasteiger partial charge in [-0.15, -0.1) is 0 Å². The Morgan fingerprint density at radius 2 is 2.00 bits per heavy atom. The van der Waals surface area contributed by atoms with Crippen LogP contribution in [-0.4, -0.2) is 17.6 Å². The van der Waals surface area contributed by atoms with Crippen LogP contribution in [0.5, 0.6) is 0 Å². The molecular weight excluding hydrogens is 311 g/mol. The van der Waals surface area contributed by atoms with Crippen LogP contribution < -0.4 is 5.43 Å². The highest BCUT2D eigenvalue weighted by molar-refractivity contribution is 6.34. The normalized spacial score (nSPS) is 11.7. The number of esters is 1. The molecule has 0 saturated heterocycles. The molecule has 0 aliphatic heterocycles. The van der Waals surface area contributed by atoms with E-state index >= 15 is 0 Å². The Morgan fingerprint density at radius 3 is 2.57 bits per heavy atom. The Morgan fingerprint density at radius 1 is 1.33 bits per heavy atom. The summed E-state index contributed by atoms with van der Waals surface area (Å²) < 4.78 is 42.6. The average Bonchev–Trinajstić information content (AvgIpc) is 2.36.